The number of nitrogens with zero attached hydrogens (tertiary/aromatic N) is 2. The van der Waals surface area contributed by atoms with Gasteiger partial charge in [-0.15, -0.1) is 0 Å². The van der Waals surface area contributed by atoms with Crippen molar-refractivity contribution < 1.29 is 14.1 Å². The third kappa shape index (κ3) is 4.75. The summed E-state index contributed by atoms with van der Waals surface area (Å²) in [6, 6.07) is 17.3. The number of carbonyl (C=O) groups is 2. The third-order valence-electron chi connectivity index (χ3n) is 4.77. The molecule has 0 fully saturated rings. The predicted octanol–water partition coefficient (Wildman–Crippen LogP) is 5.42. The van der Waals surface area contributed by atoms with Crippen molar-refractivity contribution in [1.82, 2.24) is 10.1 Å². The summed E-state index contributed by atoms with van der Waals surface area (Å²) in [5.74, 6) is 0.753. The largest absolute Gasteiger partial charge is 0.359 e. The van der Waals surface area contributed by atoms with E-state index in [1.165, 1.54) is 0 Å². The highest BCUT2D eigenvalue weighted by Gasteiger charge is 2.20. The van der Waals surface area contributed by atoms with Gasteiger partial charge in [-0.2, -0.15) is 0 Å². The number of fused-ring (bicyclic) bond motifs is 1. The van der Waals surface area contributed by atoms with E-state index in [-0.39, 0.29) is 11.3 Å². The van der Waals surface area contributed by atoms with Gasteiger partial charge in [-0.1, -0.05) is 44.1 Å². The first-order chi connectivity index (χ1) is 15.3. The fraction of sp³-hybridized carbons (Fsp3) is 0.167. The van der Waals surface area contributed by atoms with Crippen LogP contribution in [0.1, 0.15) is 36.9 Å². The minimum atomic E-state index is -0.447. The van der Waals surface area contributed by atoms with Gasteiger partial charge in [0.25, 0.3) is 5.91 Å². The van der Waals surface area contributed by atoms with E-state index in [9.17, 15) is 9.59 Å². The SMILES string of the molecule is CC(C)(C)c1cc(NC(=O)Nc2ccc(NC(=O)c3cccc4cccnc34)cc2)no1. The minimum Gasteiger partial charge on any atom is -0.359 e. The van der Waals surface area contributed by atoms with Crippen LogP contribution in [0.3, 0.4) is 0 Å². The first kappa shape index (κ1) is 21.0. The standard InChI is InChI=1S/C24H23N5O3/c1-24(2,3)19-14-20(29-32-19)28-23(31)27-17-11-9-16(10-12-17)26-22(30)18-8-4-6-15-7-5-13-25-21(15)18/h4-14H,1-3H3,(H,26,30)(H2,27,28,29,31). The maximum Gasteiger partial charge on any atom is 0.324 e. The number of benzene rings is 2. The van der Waals surface area contributed by atoms with Crippen molar-refractivity contribution in [2.24, 2.45) is 0 Å². The fourth-order valence-electron chi connectivity index (χ4n) is 3.09. The lowest BCUT2D eigenvalue weighted by molar-refractivity contribution is 0.102. The van der Waals surface area contributed by atoms with E-state index in [1.54, 1.807) is 42.6 Å². The molecule has 0 atom stereocenters. The molecule has 2 heterocycles. The molecule has 32 heavy (non-hydrogen) atoms. The Labute approximate surface area is 185 Å². The van der Waals surface area contributed by atoms with Gasteiger partial charge in [0, 0.05) is 34.4 Å². The summed E-state index contributed by atoms with van der Waals surface area (Å²) in [6.45, 7) is 5.98. The predicted molar refractivity (Wildman–Crippen MR) is 124 cm³/mol. The molecule has 2 aromatic carbocycles. The lowest BCUT2D eigenvalue weighted by atomic mass is 9.93. The number of anilines is 3. The summed E-state index contributed by atoms with van der Waals surface area (Å²) in [5, 5.41) is 13.0. The fourth-order valence-corrected chi connectivity index (χ4v) is 3.09. The summed E-state index contributed by atoms with van der Waals surface area (Å²) in [7, 11) is 0. The smallest absolute Gasteiger partial charge is 0.324 e. The number of urea groups is 1. The number of para-hydroxylation sites is 1. The Kier molecular flexibility index (Phi) is 5.59. The van der Waals surface area contributed by atoms with Crippen LogP contribution < -0.4 is 16.0 Å². The second-order valence-electron chi connectivity index (χ2n) is 8.32. The zero-order chi connectivity index (χ0) is 22.7. The summed E-state index contributed by atoms with van der Waals surface area (Å²) in [4.78, 5) is 29.3. The van der Waals surface area contributed by atoms with E-state index in [4.69, 9.17) is 4.52 Å². The molecule has 3 amide bonds. The summed E-state index contributed by atoms with van der Waals surface area (Å²) in [5.41, 5.74) is 2.09. The number of hydrogen-bond acceptors (Lipinski definition) is 5. The van der Waals surface area contributed by atoms with E-state index in [0.717, 1.165) is 5.39 Å². The van der Waals surface area contributed by atoms with Crippen LogP contribution in [0.15, 0.2) is 71.4 Å². The number of nitrogens with one attached hydrogen (secondary N) is 3. The van der Waals surface area contributed by atoms with Crippen LogP contribution in [-0.2, 0) is 5.41 Å². The first-order valence-corrected chi connectivity index (χ1v) is 10.1. The molecule has 0 bridgehead atoms. The molecule has 0 aliphatic heterocycles. The summed E-state index contributed by atoms with van der Waals surface area (Å²) >= 11 is 0. The van der Waals surface area contributed by atoms with E-state index in [2.05, 4.69) is 26.1 Å². The minimum absolute atomic E-state index is 0.203. The van der Waals surface area contributed by atoms with Crippen LogP contribution in [0.5, 0.6) is 0 Å². The van der Waals surface area contributed by atoms with Gasteiger partial charge in [0.2, 0.25) is 0 Å². The first-order valence-electron chi connectivity index (χ1n) is 10.1. The van der Waals surface area contributed by atoms with Gasteiger partial charge in [-0.05, 0) is 36.4 Å². The number of hydrogen-bond donors (Lipinski definition) is 3. The lowest BCUT2D eigenvalue weighted by Gasteiger charge is -2.12. The number of aromatic nitrogens is 2. The topological polar surface area (TPSA) is 109 Å². The summed E-state index contributed by atoms with van der Waals surface area (Å²) < 4.78 is 5.26. The zero-order valence-corrected chi connectivity index (χ0v) is 18.0. The quantitative estimate of drug-likeness (QED) is 0.401. The highest BCUT2D eigenvalue weighted by atomic mass is 16.5. The average molecular weight is 429 g/mol. The van der Waals surface area contributed by atoms with Crippen molar-refractivity contribution in [2.75, 3.05) is 16.0 Å². The summed E-state index contributed by atoms with van der Waals surface area (Å²) in [6.07, 6.45) is 1.66. The average Bonchev–Trinajstić information content (AvgIpc) is 3.23. The van der Waals surface area contributed by atoms with Crippen LogP contribution >= 0.6 is 0 Å². The number of rotatable bonds is 4. The Balaban J connectivity index is 1.38. The van der Waals surface area contributed by atoms with E-state index in [0.29, 0.717) is 34.0 Å². The molecule has 162 valence electrons. The van der Waals surface area contributed by atoms with E-state index in [1.807, 2.05) is 45.0 Å². The highest BCUT2D eigenvalue weighted by Crippen LogP contribution is 2.24. The van der Waals surface area contributed by atoms with Gasteiger partial charge >= 0.3 is 6.03 Å². The van der Waals surface area contributed by atoms with Gasteiger partial charge in [0.15, 0.2) is 5.82 Å². The van der Waals surface area contributed by atoms with Gasteiger partial charge in [-0.25, -0.2) is 4.79 Å². The Morgan fingerprint density at radius 2 is 1.56 bits per heavy atom. The number of pyridine rings is 1. The molecule has 8 nitrogen and oxygen atoms in total. The second kappa shape index (κ2) is 8.50. The molecule has 0 spiro atoms. The maximum absolute atomic E-state index is 12.7. The Bertz CT molecular complexity index is 1270. The van der Waals surface area contributed by atoms with Crippen molar-refractivity contribution in [3.8, 4) is 0 Å². The molecule has 3 N–H and O–H groups in total. The normalized spacial score (nSPS) is 11.2. The van der Waals surface area contributed by atoms with Crippen molar-refractivity contribution in [1.29, 1.82) is 0 Å². The molecule has 4 aromatic rings. The highest BCUT2D eigenvalue weighted by molar-refractivity contribution is 6.11. The Hall–Kier alpha value is -4.20. The third-order valence-corrected chi connectivity index (χ3v) is 4.77. The van der Waals surface area contributed by atoms with Gasteiger partial charge in [0.1, 0.15) is 5.76 Å². The number of amides is 3. The van der Waals surface area contributed by atoms with Gasteiger partial charge in [0.05, 0.1) is 11.1 Å². The van der Waals surface area contributed by atoms with E-state index < -0.39 is 6.03 Å². The van der Waals surface area contributed by atoms with Crippen LogP contribution in [0, 0.1) is 0 Å². The molecule has 0 radical (unpaired) electrons. The zero-order valence-electron chi connectivity index (χ0n) is 18.0. The molecule has 0 saturated carbocycles. The molecule has 0 aliphatic rings. The van der Waals surface area contributed by atoms with Crippen molar-refractivity contribution in [3.63, 3.8) is 0 Å². The Morgan fingerprint density at radius 3 is 2.25 bits per heavy atom. The van der Waals surface area contributed by atoms with Crippen LogP contribution in [0.2, 0.25) is 0 Å². The lowest BCUT2D eigenvalue weighted by Crippen LogP contribution is -2.19. The van der Waals surface area contributed by atoms with Crippen molar-refractivity contribution in [3.05, 3.63) is 78.2 Å². The Morgan fingerprint density at radius 1 is 0.875 bits per heavy atom. The molecule has 4 rings (SSSR count). The van der Waals surface area contributed by atoms with Gasteiger partial charge < -0.3 is 15.2 Å². The van der Waals surface area contributed by atoms with Crippen molar-refractivity contribution >= 4 is 40.0 Å². The molecule has 0 aliphatic carbocycles. The number of carbonyl (C=O) groups excluding carboxylic acids is 2. The maximum atomic E-state index is 12.7. The molecular weight excluding hydrogens is 406 g/mol. The molecule has 2 aromatic heterocycles. The van der Waals surface area contributed by atoms with Crippen molar-refractivity contribution in [2.45, 2.75) is 26.2 Å². The molecule has 0 saturated heterocycles. The van der Waals surface area contributed by atoms with Gasteiger partial charge in [-0.3, -0.25) is 15.1 Å². The van der Waals surface area contributed by atoms with E-state index >= 15 is 0 Å². The molecular formula is C24H23N5O3. The second-order valence-corrected chi connectivity index (χ2v) is 8.32. The monoisotopic (exact) mass is 429 g/mol. The van der Waals surface area contributed by atoms with Crippen LogP contribution in [-0.4, -0.2) is 22.1 Å². The molecule has 8 heteroatoms. The van der Waals surface area contributed by atoms with Crippen LogP contribution in [0.25, 0.3) is 10.9 Å². The van der Waals surface area contributed by atoms with Crippen LogP contribution in [0.4, 0.5) is 22.0 Å². The molecule has 0 unspecified atom stereocenters.